The van der Waals surface area contributed by atoms with Crippen molar-refractivity contribution in [2.24, 2.45) is 5.92 Å². The van der Waals surface area contributed by atoms with Crippen LogP contribution in [0.4, 0.5) is 19.0 Å². The van der Waals surface area contributed by atoms with Crippen LogP contribution in [0.3, 0.4) is 0 Å². The van der Waals surface area contributed by atoms with Gasteiger partial charge in [0, 0.05) is 19.2 Å². The molecular weight excluding hydrogens is 501 g/mol. The zero-order valence-corrected chi connectivity index (χ0v) is 20.5. The van der Waals surface area contributed by atoms with E-state index in [1.807, 2.05) is 4.68 Å². The van der Waals surface area contributed by atoms with Gasteiger partial charge in [0.2, 0.25) is 0 Å². The van der Waals surface area contributed by atoms with Crippen LogP contribution >= 0.6 is 0 Å². The second-order valence-corrected chi connectivity index (χ2v) is 10.3. The van der Waals surface area contributed by atoms with Gasteiger partial charge in [0.25, 0.3) is 5.91 Å². The zero-order chi connectivity index (χ0) is 26.5. The van der Waals surface area contributed by atoms with Crippen molar-refractivity contribution in [3.05, 3.63) is 58.5 Å². The summed E-state index contributed by atoms with van der Waals surface area (Å²) in [6, 6.07) is 6.21. The third kappa shape index (κ3) is 4.86. The Balaban J connectivity index is 1.27. The van der Waals surface area contributed by atoms with Crippen LogP contribution in [0.5, 0.6) is 11.8 Å². The summed E-state index contributed by atoms with van der Waals surface area (Å²) >= 11 is 0. The Morgan fingerprint density at radius 1 is 1.26 bits per heavy atom. The molecule has 0 unspecified atom stereocenters. The SMILES string of the molecule is O=C1N[C@]2(CCc3cc(OCC(F)(F)F)ccc32)Cc2nn(CCC3CC3)c(CNc3ccnc(O)n3)c21. The van der Waals surface area contributed by atoms with Gasteiger partial charge in [-0.2, -0.15) is 23.3 Å². The number of nitrogens with zero attached hydrogens (tertiary/aromatic N) is 4. The number of anilines is 1. The lowest BCUT2D eigenvalue weighted by atomic mass is 9.82. The van der Waals surface area contributed by atoms with Crippen LogP contribution in [0.2, 0.25) is 0 Å². The van der Waals surface area contributed by atoms with Gasteiger partial charge >= 0.3 is 12.2 Å². The molecular formula is C26H27F3N6O3. The van der Waals surface area contributed by atoms with E-state index in [0.717, 1.165) is 23.2 Å². The minimum atomic E-state index is -4.41. The van der Waals surface area contributed by atoms with E-state index in [1.165, 1.54) is 25.1 Å². The number of aromatic nitrogens is 4. The van der Waals surface area contributed by atoms with Gasteiger partial charge in [0.05, 0.1) is 29.0 Å². The highest BCUT2D eigenvalue weighted by atomic mass is 19.4. The predicted octanol–water partition coefficient (Wildman–Crippen LogP) is 3.86. The molecule has 3 aromatic rings. The van der Waals surface area contributed by atoms with Gasteiger partial charge in [0.15, 0.2) is 6.61 Å². The number of carbonyl (C=O) groups excluding carboxylic acids is 1. The molecule has 3 aliphatic rings. The van der Waals surface area contributed by atoms with E-state index in [0.29, 0.717) is 55.3 Å². The Hall–Kier alpha value is -3.83. The van der Waals surface area contributed by atoms with Crippen molar-refractivity contribution < 1.29 is 27.8 Å². The molecule has 12 heteroatoms. The lowest BCUT2D eigenvalue weighted by Gasteiger charge is -2.35. The number of nitrogens with one attached hydrogen (secondary N) is 2. The summed E-state index contributed by atoms with van der Waals surface area (Å²) in [4.78, 5) is 21.2. The fourth-order valence-corrected chi connectivity index (χ4v) is 5.54. The van der Waals surface area contributed by atoms with Crippen LogP contribution < -0.4 is 15.4 Å². The number of amides is 1. The number of rotatable bonds is 8. The number of benzene rings is 1. The van der Waals surface area contributed by atoms with Crippen molar-refractivity contribution in [1.29, 1.82) is 0 Å². The first kappa shape index (κ1) is 24.5. The first-order chi connectivity index (χ1) is 18.2. The molecule has 0 bridgehead atoms. The minimum Gasteiger partial charge on any atom is -0.484 e. The maximum Gasteiger partial charge on any atom is 0.422 e. The average Bonchev–Trinajstić information content (AvgIpc) is 3.55. The van der Waals surface area contributed by atoms with Crippen molar-refractivity contribution in [1.82, 2.24) is 25.1 Å². The third-order valence-electron chi connectivity index (χ3n) is 7.52. The summed E-state index contributed by atoms with van der Waals surface area (Å²) in [6.45, 7) is -0.360. The standard InChI is InChI=1S/C26H27F3N6O3/c27-26(28,29)14-38-17-3-4-18-16(11-17)5-8-25(18)12-19-22(23(36)33-25)20(35(34-19)10-7-15-1-2-15)13-31-21-6-9-30-24(37)32-21/h3-4,6,9,11,15H,1-2,5,7-8,10,12-14H2,(H,33,36)(H2,30,31,32,37)/t25-/m1/s1. The lowest BCUT2D eigenvalue weighted by molar-refractivity contribution is -0.153. The summed E-state index contributed by atoms with van der Waals surface area (Å²) in [5.74, 6) is 1.06. The largest absolute Gasteiger partial charge is 0.484 e. The van der Waals surface area contributed by atoms with Gasteiger partial charge in [-0.05, 0) is 54.5 Å². The molecule has 2 aromatic heterocycles. The van der Waals surface area contributed by atoms with Crippen LogP contribution in [-0.2, 0) is 31.5 Å². The van der Waals surface area contributed by atoms with E-state index in [1.54, 1.807) is 18.2 Å². The molecule has 6 rings (SSSR count). The van der Waals surface area contributed by atoms with Gasteiger partial charge in [-0.1, -0.05) is 18.9 Å². The minimum absolute atomic E-state index is 0.162. The van der Waals surface area contributed by atoms with Crippen molar-refractivity contribution in [2.75, 3.05) is 11.9 Å². The number of hydrogen-bond donors (Lipinski definition) is 3. The Morgan fingerprint density at radius 2 is 2.11 bits per heavy atom. The molecule has 200 valence electrons. The first-order valence-electron chi connectivity index (χ1n) is 12.7. The Bertz CT molecular complexity index is 1390. The molecule has 3 N–H and O–H groups in total. The van der Waals surface area contributed by atoms with E-state index < -0.39 is 18.3 Å². The summed E-state index contributed by atoms with van der Waals surface area (Å²) in [5.41, 5.74) is 3.08. The van der Waals surface area contributed by atoms with E-state index in [9.17, 15) is 23.1 Å². The molecule has 1 atom stereocenters. The van der Waals surface area contributed by atoms with E-state index >= 15 is 0 Å². The van der Waals surface area contributed by atoms with Gasteiger partial charge in [0.1, 0.15) is 11.6 Å². The molecule has 1 aliphatic heterocycles. The molecule has 0 radical (unpaired) electrons. The highest BCUT2D eigenvalue weighted by Gasteiger charge is 2.46. The smallest absolute Gasteiger partial charge is 0.422 e. The van der Waals surface area contributed by atoms with Crippen LogP contribution in [0.1, 0.15) is 58.6 Å². The van der Waals surface area contributed by atoms with E-state index in [-0.39, 0.29) is 17.7 Å². The lowest BCUT2D eigenvalue weighted by Crippen LogP contribution is -2.50. The number of fused-ring (bicyclic) bond motifs is 3. The Morgan fingerprint density at radius 3 is 2.87 bits per heavy atom. The fourth-order valence-electron chi connectivity index (χ4n) is 5.54. The summed E-state index contributed by atoms with van der Waals surface area (Å²) in [6.07, 6.45) is 2.17. The van der Waals surface area contributed by atoms with Crippen LogP contribution in [0, 0.1) is 5.92 Å². The molecule has 1 aromatic carbocycles. The second kappa shape index (κ2) is 9.17. The quantitative estimate of drug-likeness (QED) is 0.407. The third-order valence-corrected chi connectivity index (χ3v) is 7.52. The first-order valence-corrected chi connectivity index (χ1v) is 12.7. The molecule has 38 heavy (non-hydrogen) atoms. The van der Waals surface area contributed by atoms with Crippen molar-refractivity contribution in [3.63, 3.8) is 0 Å². The normalized spacial score (nSPS) is 20.2. The van der Waals surface area contributed by atoms with Crippen LogP contribution in [0.25, 0.3) is 0 Å². The summed E-state index contributed by atoms with van der Waals surface area (Å²) < 4.78 is 44.6. The highest BCUT2D eigenvalue weighted by Crippen LogP contribution is 2.44. The summed E-state index contributed by atoms with van der Waals surface area (Å²) in [5, 5.41) is 20.8. The number of carbonyl (C=O) groups is 1. The molecule has 3 heterocycles. The average molecular weight is 529 g/mol. The number of aryl methyl sites for hydroxylation is 2. The summed E-state index contributed by atoms with van der Waals surface area (Å²) in [7, 11) is 0. The van der Waals surface area contributed by atoms with Gasteiger partial charge in [-0.3, -0.25) is 9.48 Å². The highest BCUT2D eigenvalue weighted by molar-refractivity contribution is 5.98. The maximum atomic E-state index is 13.6. The van der Waals surface area contributed by atoms with Gasteiger partial charge in [-0.15, -0.1) is 0 Å². The monoisotopic (exact) mass is 528 g/mol. The topological polar surface area (TPSA) is 114 Å². The van der Waals surface area contributed by atoms with E-state index in [4.69, 9.17) is 9.84 Å². The van der Waals surface area contributed by atoms with Crippen LogP contribution in [0.15, 0.2) is 30.5 Å². The van der Waals surface area contributed by atoms with Crippen molar-refractivity contribution in [3.8, 4) is 11.8 Å². The molecule has 9 nitrogen and oxygen atoms in total. The number of ether oxygens (including phenoxy) is 1. The number of aromatic hydroxyl groups is 1. The Labute approximate surface area is 216 Å². The van der Waals surface area contributed by atoms with Gasteiger partial charge in [-0.25, -0.2) is 4.98 Å². The predicted molar refractivity (Wildman–Crippen MR) is 130 cm³/mol. The number of halogens is 3. The molecule has 1 spiro atoms. The van der Waals surface area contributed by atoms with E-state index in [2.05, 4.69) is 20.6 Å². The van der Waals surface area contributed by atoms with Crippen molar-refractivity contribution in [2.45, 2.75) is 63.3 Å². The molecule has 1 amide bonds. The zero-order valence-electron chi connectivity index (χ0n) is 20.5. The molecule has 0 saturated heterocycles. The van der Waals surface area contributed by atoms with Gasteiger partial charge < -0.3 is 20.5 Å². The second-order valence-electron chi connectivity index (χ2n) is 10.3. The number of alkyl halides is 3. The molecule has 1 saturated carbocycles. The van der Waals surface area contributed by atoms with Crippen molar-refractivity contribution >= 4 is 11.7 Å². The number of hydrogen-bond acceptors (Lipinski definition) is 7. The maximum absolute atomic E-state index is 13.6. The van der Waals surface area contributed by atoms with Crippen LogP contribution in [-0.4, -0.2) is 43.5 Å². The molecule has 2 aliphatic carbocycles. The fraction of sp³-hybridized carbons (Fsp3) is 0.462. The Kier molecular flexibility index (Phi) is 5.92. The molecule has 1 fully saturated rings.